The van der Waals surface area contributed by atoms with Crippen molar-refractivity contribution in [2.45, 2.75) is 44.3 Å². The van der Waals surface area contributed by atoms with Gasteiger partial charge in [-0.1, -0.05) is 30.8 Å². The van der Waals surface area contributed by atoms with Crippen LogP contribution in [0.1, 0.15) is 33.1 Å². The van der Waals surface area contributed by atoms with Crippen molar-refractivity contribution >= 4 is 28.6 Å². The lowest BCUT2D eigenvalue weighted by molar-refractivity contribution is -0.121. The Balaban J connectivity index is 1.82. The molecule has 0 bridgehead atoms. The van der Waals surface area contributed by atoms with E-state index < -0.39 is 0 Å². The fraction of sp³-hybridized carbons (Fsp3) is 0.318. The Labute approximate surface area is 173 Å². The van der Waals surface area contributed by atoms with Crippen LogP contribution in [0, 0.1) is 5.82 Å². The zero-order valence-electron chi connectivity index (χ0n) is 16.5. The van der Waals surface area contributed by atoms with Crippen molar-refractivity contribution < 1.29 is 9.18 Å². The van der Waals surface area contributed by atoms with Gasteiger partial charge in [0.05, 0.1) is 16.6 Å². The van der Waals surface area contributed by atoms with Crippen LogP contribution in [0.25, 0.3) is 16.6 Å². The van der Waals surface area contributed by atoms with Crippen LogP contribution < -0.4 is 10.9 Å². The first kappa shape index (κ1) is 21.0. The molecule has 3 aromatic rings. The maximum absolute atomic E-state index is 13.4. The van der Waals surface area contributed by atoms with Crippen LogP contribution in [0.15, 0.2) is 58.5 Å². The van der Waals surface area contributed by atoms with Crippen molar-refractivity contribution in [2.24, 2.45) is 0 Å². The van der Waals surface area contributed by atoms with Gasteiger partial charge < -0.3 is 5.32 Å². The van der Waals surface area contributed by atoms with Crippen molar-refractivity contribution in [1.29, 1.82) is 0 Å². The number of aromatic nitrogens is 2. The third-order valence-electron chi connectivity index (χ3n) is 4.63. The van der Waals surface area contributed by atoms with Gasteiger partial charge in [-0.25, -0.2) is 9.37 Å². The number of hydrogen-bond acceptors (Lipinski definition) is 4. The minimum Gasteiger partial charge on any atom is -0.354 e. The van der Waals surface area contributed by atoms with Gasteiger partial charge in [0.15, 0.2) is 5.16 Å². The minimum absolute atomic E-state index is 0.0299. The van der Waals surface area contributed by atoms with Crippen LogP contribution in [-0.2, 0) is 4.79 Å². The van der Waals surface area contributed by atoms with Gasteiger partial charge >= 0.3 is 0 Å². The molecule has 1 aromatic heterocycles. The lowest BCUT2D eigenvalue weighted by Crippen LogP contribution is -2.31. The Morgan fingerprint density at radius 3 is 2.66 bits per heavy atom. The Morgan fingerprint density at radius 2 is 1.93 bits per heavy atom. The lowest BCUT2D eigenvalue weighted by atomic mass is 10.2. The van der Waals surface area contributed by atoms with Crippen LogP contribution in [0.5, 0.6) is 0 Å². The Hall–Kier alpha value is -2.67. The van der Waals surface area contributed by atoms with Crippen LogP contribution in [0.4, 0.5) is 4.39 Å². The summed E-state index contributed by atoms with van der Waals surface area (Å²) in [5.74, 6) is 0.305. The summed E-state index contributed by atoms with van der Waals surface area (Å²) in [6.07, 6.45) is 1.98. The topological polar surface area (TPSA) is 64.0 Å². The predicted molar refractivity (Wildman–Crippen MR) is 115 cm³/mol. The number of halogens is 1. The van der Waals surface area contributed by atoms with Gasteiger partial charge in [-0.05, 0) is 56.2 Å². The number of carbonyl (C=O) groups excluding carboxylic acids is 1. The van der Waals surface area contributed by atoms with Gasteiger partial charge in [0, 0.05) is 18.2 Å². The number of thioether (sulfide) groups is 1. The van der Waals surface area contributed by atoms with Gasteiger partial charge in [-0.2, -0.15) is 0 Å². The SMILES string of the molecule is CCC(C)NC(=O)CCCSc1nc2ccccc2c(=O)n1-c1ccc(F)cc1. The summed E-state index contributed by atoms with van der Waals surface area (Å²) < 4.78 is 14.9. The molecule has 2 aromatic carbocycles. The molecule has 1 N–H and O–H groups in total. The molecule has 29 heavy (non-hydrogen) atoms. The van der Waals surface area contributed by atoms with Gasteiger partial charge in [-0.3, -0.25) is 14.2 Å². The molecule has 0 aliphatic heterocycles. The monoisotopic (exact) mass is 413 g/mol. The zero-order valence-corrected chi connectivity index (χ0v) is 17.3. The highest BCUT2D eigenvalue weighted by Crippen LogP contribution is 2.22. The minimum atomic E-state index is -0.364. The Morgan fingerprint density at radius 1 is 1.21 bits per heavy atom. The van der Waals surface area contributed by atoms with E-state index in [0.717, 1.165) is 6.42 Å². The van der Waals surface area contributed by atoms with E-state index in [2.05, 4.69) is 10.3 Å². The predicted octanol–water partition coefficient (Wildman–Crippen LogP) is 4.31. The molecule has 152 valence electrons. The maximum Gasteiger partial charge on any atom is 0.266 e. The molecular weight excluding hydrogens is 389 g/mol. The molecule has 1 unspecified atom stereocenters. The maximum atomic E-state index is 13.4. The number of hydrogen-bond donors (Lipinski definition) is 1. The van der Waals surface area contributed by atoms with Crippen molar-refractivity contribution in [3.8, 4) is 5.69 Å². The van der Waals surface area contributed by atoms with Crippen molar-refractivity contribution in [1.82, 2.24) is 14.9 Å². The first-order chi connectivity index (χ1) is 14.0. The van der Waals surface area contributed by atoms with E-state index >= 15 is 0 Å². The largest absolute Gasteiger partial charge is 0.354 e. The number of carbonyl (C=O) groups is 1. The second kappa shape index (κ2) is 9.69. The van der Waals surface area contributed by atoms with E-state index in [9.17, 15) is 14.0 Å². The van der Waals surface area contributed by atoms with E-state index in [0.29, 0.717) is 40.3 Å². The first-order valence-corrected chi connectivity index (χ1v) is 10.7. The molecule has 0 radical (unpaired) electrons. The van der Waals surface area contributed by atoms with E-state index in [1.54, 1.807) is 30.3 Å². The quantitative estimate of drug-likeness (QED) is 0.340. The number of rotatable bonds is 8. The summed E-state index contributed by atoms with van der Waals surface area (Å²) in [4.78, 5) is 29.7. The number of fused-ring (bicyclic) bond motifs is 1. The molecular formula is C22H24FN3O2S. The molecule has 1 atom stereocenters. The van der Waals surface area contributed by atoms with Gasteiger partial charge in [0.2, 0.25) is 5.91 Å². The van der Waals surface area contributed by atoms with E-state index in [1.165, 1.54) is 28.5 Å². The van der Waals surface area contributed by atoms with E-state index in [4.69, 9.17) is 0 Å². The highest BCUT2D eigenvalue weighted by molar-refractivity contribution is 7.99. The molecule has 0 aliphatic carbocycles. The normalized spacial score (nSPS) is 12.1. The van der Waals surface area contributed by atoms with Crippen LogP contribution in [-0.4, -0.2) is 27.3 Å². The molecule has 0 saturated heterocycles. The number of nitrogens with zero attached hydrogens (tertiary/aromatic N) is 2. The molecule has 1 amide bonds. The van der Waals surface area contributed by atoms with Crippen molar-refractivity contribution in [3.05, 3.63) is 64.7 Å². The molecule has 7 heteroatoms. The van der Waals surface area contributed by atoms with Crippen molar-refractivity contribution in [2.75, 3.05) is 5.75 Å². The molecule has 0 spiro atoms. The smallest absolute Gasteiger partial charge is 0.266 e. The second-order valence-corrected chi connectivity index (χ2v) is 7.92. The van der Waals surface area contributed by atoms with Crippen molar-refractivity contribution in [3.63, 3.8) is 0 Å². The number of para-hydroxylation sites is 1. The summed E-state index contributed by atoms with van der Waals surface area (Å²) in [6.45, 7) is 4.01. The van der Waals surface area contributed by atoms with Gasteiger partial charge in [0.1, 0.15) is 5.82 Å². The van der Waals surface area contributed by atoms with Gasteiger partial charge in [-0.15, -0.1) is 0 Å². The number of benzene rings is 2. The molecule has 1 heterocycles. The molecule has 3 rings (SSSR count). The molecule has 5 nitrogen and oxygen atoms in total. The third kappa shape index (κ3) is 5.23. The molecule has 0 saturated carbocycles. The van der Waals surface area contributed by atoms with Crippen LogP contribution in [0.3, 0.4) is 0 Å². The van der Waals surface area contributed by atoms with E-state index in [1.807, 2.05) is 19.9 Å². The zero-order chi connectivity index (χ0) is 20.8. The van der Waals surface area contributed by atoms with Gasteiger partial charge in [0.25, 0.3) is 5.56 Å². The summed E-state index contributed by atoms with van der Waals surface area (Å²) in [7, 11) is 0. The fourth-order valence-electron chi connectivity index (χ4n) is 2.87. The molecule has 0 aliphatic rings. The van der Waals surface area contributed by atoms with Crippen LogP contribution >= 0.6 is 11.8 Å². The third-order valence-corrected chi connectivity index (χ3v) is 5.65. The number of amides is 1. The fourth-order valence-corrected chi connectivity index (χ4v) is 3.82. The van der Waals surface area contributed by atoms with E-state index in [-0.39, 0.29) is 23.3 Å². The second-order valence-electron chi connectivity index (χ2n) is 6.86. The van der Waals surface area contributed by atoms with Crippen LogP contribution in [0.2, 0.25) is 0 Å². The first-order valence-electron chi connectivity index (χ1n) is 9.69. The Bertz CT molecular complexity index is 1050. The summed E-state index contributed by atoms with van der Waals surface area (Å²) in [6, 6.07) is 13.1. The average molecular weight is 414 g/mol. The summed E-state index contributed by atoms with van der Waals surface area (Å²) in [5.41, 5.74) is 0.985. The standard InChI is InChI=1S/C22H24FN3O2S/c1-3-15(2)24-20(27)9-6-14-29-22-25-19-8-5-4-7-18(19)21(28)26(22)17-12-10-16(23)11-13-17/h4-5,7-8,10-13,15H,3,6,9,14H2,1-2H3,(H,24,27). The lowest BCUT2D eigenvalue weighted by Gasteiger charge is -2.14. The average Bonchev–Trinajstić information content (AvgIpc) is 2.72. The highest BCUT2D eigenvalue weighted by Gasteiger charge is 2.14. The highest BCUT2D eigenvalue weighted by atomic mass is 32.2. The molecule has 0 fully saturated rings. The summed E-state index contributed by atoms with van der Waals surface area (Å²) >= 11 is 1.42. The Kier molecular flexibility index (Phi) is 7.04. The number of nitrogens with one attached hydrogen (secondary N) is 1. The summed E-state index contributed by atoms with van der Waals surface area (Å²) in [5, 5.41) is 3.99.